The van der Waals surface area contributed by atoms with E-state index in [0.29, 0.717) is 37.3 Å². The SMILES string of the molecule is CC(O)[C@@H](NC(=O)[C@@H]1CC[C@H](O)C1)C(=O)N1CC[C@](O)(c2ccc(Cl)cc2)C(C)(C)C1. The van der Waals surface area contributed by atoms with Gasteiger partial charge in [0.15, 0.2) is 0 Å². The minimum atomic E-state index is -1.14. The van der Waals surface area contributed by atoms with E-state index in [2.05, 4.69) is 5.32 Å². The number of nitrogens with zero attached hydrogens (tertiary/aromatic N) is 1. The lowest BCUT2D eigenvalue weighted by atomic mass is 9.66. The molecular formula is C23H33ClN2O5. The lowest BCUT2D eigenvalue weighted by Gasteiger charge is -2.51. The summed E-state index contributed by atoms with van der Waals surface area (Å²) in [6, 6.07) is 6.01. The molecule has 4 N–H and O–H groups in total. The molecule has 7 nitrogen and oxygen atoms in total. The Kier molecular flexibility index (Phi) is 7.01. The topological polar surface area (TPSA) is 110 Å². The van der Waals surface area contributed by atoms with Crippen LogP contribution in [0.25, 0.3) is 0 Å². The Morgan fingerprint density at radius 3 is 2.39 bits per heavy atom. The van der Waals surface area contributed by atoms with Crippen LogP contribution >= 0.6 is 11.6 Å². The molecule has 1 heterocycles. The Morgan fingerprint density at radius 1 is 1.23 bits per heavy atom. The van der Waals surface area contributed by atoms with Gasteiger partial charge in [-0.05, 0) is 50.3 Å². The minimum absolute atomic E-state index is 0.270. The van der Waals surface area contributed by atoms with Gasteiger partial charge in [0, 0.05) is 29.4 Å². The molecule has 0 aromatic heterocycles. The van der Waals surface area contributed by atoms with E-state index in [1.807, 2.05) is 13.8 Å². The molecule has 1 unspecified atom stereocenters. The summed E-state index contributed by atoms with van der Waals surface area (Å²) in [5.74, 6) is -1.03. The van der Waals surface area contributed by atoms with Crippen LogP contribution in [-0.4, -0.2) is 63.4 Å². The monoisotopic (exact) mass is 452 g/mol. The fourth-order valence-corrected chi connectivity index (χ4v) is 4.95. The summed E-state index contributed by atoms with van der Waals surface area (Å²) in [6.45, 7) is 5.84. The van der Waals surface area contributed by atoms with Crippen molar-refractivity contribution < 1.29 is 24.9 Å². The van der Waals surface area contributed by atoms with Crippen LogP contribution in [0.15, 0.2) is 24.3 Å². The fraction of sp³-hybridized carbons (Fsp3) is 0.652. The van der Waals surface area contributed by atoms with Gasteiger partial charge in [-0.15, -0.1) is 0 Å². The molecule has 1 saturated carbocycles. The maximum absolute atomic E-state index is 13.2. The normalized spacial score (nSPS) is 30.0. The summed E-state index contributed by atoms with van der Waals surface area (Å²) in [5.41, 5.74) is -1.07. The molecule has 2 aliphatic rings. The molecule has 0 spiro atoms. The van der Waals surface area contributed by atoms with E-state index in [-0.39, 0.29) is 24.3 Å². The first-order valence-electron chi connectivity index (χ1n) is 10.9. The molecule has 1 aromatic rings. The van der Waals surface area contributed by atoms with Crippen LogP contribution in [0.5, 0.6) is 0 Å². The van der Waals surface area contributed by atoms with Gasteiger partial charge in [0.05, 0.1) is 17.8 Å². The lowest BCUT2D eigenvalue weighted by molar-refractivity contribution is -0.158. The molecule has 8 heteroatoms. The Morgan fingerprint density at radius 2 is 1.87 bits per heavy atom. The van der Waals surface area contributed by atoms with Gasteiger partial charge in [-0.2, -0.15) is 0 Å². The molecule has 1 aromatic carbocycles. The molecule has 3 rings (SSSR count). The van der Waals surface area contributed by atoms with Gasteiger partial charge >= 0.3 is 0 Å². The van der Waals surface area contributed by atoms with Crippen molar-refractivity contribution in [2.24, 2.45) is 11.3 Å². The Bertz CT molecular complexity index is 813. The second-order valence-electron chi connectivity index (χ2n) is 9.65. The number of benzene rings is 1. The first-order chi connectivity index (χ1) is 14.4. The van der Waals surface area contributed by atoms with E-state index >= 15 is 0 Å². The molecule has 0 bridgehead atoms. The second-order valence-corrected chi connectivity index (χ2v) is 10.1. The van der Waals surface area contributed by atoms with E-state index in [1.165, 1.54) is 6.92 Å². The lowest BCUT2D eigenvalue weighted by Crippen LogP contribution is -2.61. The summed E-state index contributed by atoms with van der Waals surface area (Å²) in [6.07, 6.45) is 0.265. The molecule has 1 saturated heterocycles. The number of hydrogen-bond acceptors (Lipinski definition) is 5. The highest BCUT2D eigenvalue weighted by Crippen LogP contribution is 2.46. The Labute approximate surface area is 188 Å². The summed E-state index contributed by atoms with van der Waals surface area (Å²) in [4.78, 5) is 27.4. The van der Waals surface area contributed by atoms with Gasteiger partial charge in [0.2, 0.25) is 11.8 Å². The highest BCUT2D eigenvalue weighted by atomic mass is 35.5. The predicted octanol–water partition coefficient (Wildman–Crippen LogP) is 1.81. The maximum Gasteiger partial charge on any atom is 0.247 e. The molecule has 2 fully saturated rings. The van der Waals surface area contributed by atoms with Gasteiger partial charge in [0.25, 0.3) is 0 Å². The van der Waals surface area contributed by atoms with Crippen molar-refractivity contribution in [3.8, 4) is 0 Å². The fourth-order valence-electron chi connectivity index (χ4n) is 4.82. The van der Waals surface area contributed by atoms with Crippen LogP contribution in [0.4, 0.5) is 0 Å². The van der Waals surface area contributed by atoms with Gasteiger partial charge in [-0.3, -0.25) is 9.59 Å². The molecule has 1 aliphatic heterocycles. The first kappa shape index (κ1) is 24.0. The van der Waals surface area contributed by atoms with E-state index < -0.39 is 29.3 Å². The third kappa shape index (κ3) is 4.90. The Hall–Kier alpha value is -1.67. The van der Waals surface area contributed by atoms with Gasteiger partial charge in [-0.1, -0.05) is 37.6 Å². The number of halogens is 1. The van der Waals surface area contributed by atoms with E-state index in [1.54, 1.807) is 29.2 Å². The van der Waals surface area contributed by atoms with Crippen molar-refractivity contribution in [2.75, 3.05) is 13.1 Å². The van der Waals surface area contributed by atoms with Crippen LogP contribution in [0, 0.1) is 11.3 Å². The number of aliphatic hydroxyl groups is 3. The summed E-state index contributed by atoms with van der Waals surface area (Å²) in [7, 11) is 0. The number of carbonyl (C=O) groups excluding carboxylic acids is 2. The summed E-state index contributed by atoms with van der Waals surface area (Å²) in [5, 5.41) is 34.7. The van der Waals surface area contributed by atoms with Gasteiger partial charge in [-0.25, -0.2) is 0 Å². The van der Waals surface area contributed by atoms with Crippen molar-refractivity contribution in [3.63, 3.8) is 0 Å². The van der Waals surface area contributed by atoms with Crippen molar-refractivity contribution in [1.82, 2.24) is 10.2 Å². The van der Waals surface area contributed by atoms with Crippen molar-refractivity contribution in [1.29, 1.82) is 0 Å². The zero-order valence-corrected chi connectivity index (χ0v) is 19.1. The third-order valence-corrected chi connectivity index (χ3v) is 7.16. The van der Waals surface area contributed by atoms with E-state index in [0.717, 1.165) is 5.56 Å². The first-order valence-corrected chi connectivity index (χ1v) is 11.3. The number of aliphatic hydroxyl groups excluding tert-OH is 2. The summed E-state index contributed by atoms with van der Waals surface area (Å²) < 4.78 is 0. The van der Waals surface area contributed by atoms with Gasteiger partial charge < -0.3 is 25.5 Å². The van der Waals surface area contributed by atoms with Crippen LogP contribution in [0.3, 0.4) is 0 Å². The standard InChI is InChI=1S/C23H33ClN2O5/c1-14(27)19(25-20(29)15-4-9-18(28)12-15)21(30)26-11-10-23(31,22(2,3)13-26)16-5-7-17(24)8-6-16/h5-8,14-15,18-19,27-28,31H,4,9-13H2,1-3H3,(H,25,29)/t14?,15-,18+,19-,23+/m1/s1. The molecule has 5 atom stereocenters. The van der Waals surface area contributed by atoms with Crippen LogP contribution < -0.4 is 5.32 Å². The number of likely N-dealkylation sites (tertiary alicyclic amines) is 1. The number of piperidine rings is 1. The number of hydrogen-bond donors (Lipinski definition) is 4. The zero-order chi connectivity index (χ0) is 23.0. The Balaban J connectivity index is 1.72. The minimum Gasteiger partial charge on any atom is -0.393 e. The molecule has 2 amide bonds. The van der Waals surface area contributed by atoms with Gasteiger partial charge in [0.1, 0.15) is 6.04 Å². The highest BCUT2D eigenvalue weighted by molar-refractivity contribution is 6.30. The smallest absolute Gasteiger partial charge is 0.247 e. The van der Waals surface area contributed by atoms with E-state index in [4.69, 9.17) is 11.6 Å². The van der Waals surface area contributed by atoms with E-state index in [9.17, 15) is 24.9 Å². The van der Waals surface area contributed by atoms with Crippen molar-refractivity contribution in [2.45, 2.75) is 70.3 Å². The van der Waals surface area contributed by atoms with Crippen LogP contribution in [0.2, 0.25) is 5.02 Å². The molecule has 31 heavy (non-hydrogen) atoms. The largest absolute Gasteiger partial charge is 0.393 e. The van der Waals surface area contributed by atoms with Crippen molar-refractivity contribution in [3.05, 3.63) is 34.9 Å². The van der Waals surface area contributed by atoms with Crippen LogP contribution in [-0.2, 0) is 15.2 Å². The number of amides is 2. The number of nitrogens with one attached hydrogen (secondary N) is 1. The zero-order valence-electron chi connectivity index (χ0n) is 18.3. The predicted molar refractivity (Wildman–Crippen MR) is 117 cm³/mol. The average molecular weight is 453 g/mol. The number of rotatable bonds is 5. The summed E-state index contributed by atoms with van der Waals surface area (Å²) >= 11 is 5.99. The van der Waals surface area contributed by atoms with Crippen LogP contribution in [0.1, 0.15) is 52.0 Å². The second kappa shape index (κ2) is 9.06. The quantitative estimate of drug-likeness (QED) is 0.544. The average Bonchev–Trinajstić information content (AvgIpc) is 3.14. The molecule has 172 valence electrons. The van der Waals surface area contributed by atoms with Crippen molar-refractivity contribution >= 4 is 23.4 Å². The highest BCUT2D eigenvalue weighted by Gasteiger charge is 2.50. The molecule has 1 aliphatic carbocycles. The molecular weight excluding hydrogens is 420 g/mol. The number of carbonyl (C=O) groups is 2. The maximum atomic E-state index is 13.2. The molecule has 0 radical (unpaired) electrons. The third-order valence-electron chi connectivity index (χ3n) is 6.90.